The topological polar surface area (TPSA) is 78.4 Å². The molecule has 0 bridgehead atoms. The maximum Gasteiger partial charge on any atom is 0.227 e. The number of halogens is 1. The first-order chi connectivity index (χ1) is 13.5. The number of nitrogens with zero attached hydrogens (tertiary/aromatic N) is 2. The van der Waals surface area contributed by atoms with Gasteiger partial charge in [0.15, 0.2) is 5.96 Å². The van der Waals surface area contributed by atoms with Gasteiger partial charge in [-0.3, -0.25) is 9.79 Å². The van der Waals surface area contributed by atoms with Crippen LogP contribution in [0.1, 0.15) is 31.4 Å². The molecule has 2 rings (SSSR count). The Hall–Kier alpha value is -2.60. The van der Waals surface area contributed by atoms with Gasteiger partial charge in [-0.1, -0.05) is 43.6 Å². The Bertz CT molecular complexity index is 792. The summed E-state index contributed by atoms with van der Waals surface area (Å²) in [6, 6.07) is 11.6. The average Bonchev–Trinajstić information content (AvgIpc) is 2.71. The Balaban J connectivity index is 1.81. The smallest absolute Gasteiger partial charge is 0.227 e. The molecule has 6 nitrogen and oxygen atoms in total. The van der Waals surface area contributed by atoms with E-state index in [1.165, 1.54) is 0 Å². The summed E-state index contributed by atoms with van der Waals surface area (Å²) in [4.78, 5) is 20.4. The first-order valence-electron chi connectivity index (χ1n) is 9.46. The first kappa shape index (κ1) is 21.7. The summed E-state index contributed by atoms with van der Waals surface area (Å²) in [6.45, 7) is 5.27. The molecule has 28 heavy (non-hydrogen) atoms. The average molecular weight is 402 g/mol. The molecule has 0 spiro atoms. The Morgan fingerprint density at radius 2 is 2.04 bits per heavy atom. The molecule has 1 atom stereocenters. The van der Waals surface area contributed by atoms with Gasteiger partial charge in [-0.2, -0.15) is 0 Å². The third kappa shape index (κ3) is 7.19. The summed E-state index contributed by atoms with van der Waals surface area (Å²) < 4.78 is 0. The second kappa shape index (κ2) is 11.3. The van der Waals surface area contributed by atoms with Crippen molar-refractivity contribution in [2.24, 2.45) is 10.9 Å². The quantitative estimate of drug-likeness (QED) is 0.358. The fraction of sp³-hybridized carbons (Fsp3) is 0.381. The molecule has 2 aromatic rings. The number of aliphatic imine (C=N–C) groups is 1. The number of pyridine rings is 1. The van der Waals surface area contributed by atoms with Crippen LogP contribution in [0.3, 0.4) is 0 Å². The van der Waals surface area contributed by atoms with Crippen molar-refractivity contribution in [3.63, 3.8) is 0 Å². The van der Waals surface area contributed by atoms with Gasteiger partial charge < -0.3 is 16.0 Å². The van der Waals surface area contributed by atoms with E-state index in [1.807, 2.05) is 44.2 Å². The van der Waals surface area contributed by atoms with Crippen LogP contribution >= 0.6 is 11.6 Å². The second-order valence-corrected chi connectivity index (χ2v) is 6.98. The largest absolute Gasteiger partial charge is 0.356 e. The highest BCUT2D eigenvalue weighted by Gasteiger charge is 2.10. The third-order valence-electron chi connectivity index (χ3n) is 4.43. The summed E-state index contributed by atoms with van der Waals surface area (Å²) in [7, 11) is 1.74. The van der Waals surface area contributed by atoms with Crippen molar-refractivity contribution in [2.75, 3.05) is 18.9 Å². The second-order valence-electron chi connectivity index (χ2n) is 6.59. The molecule has 150 valence electrons. The monoisotopic (exact) mass is 401 g/mol. The number of nitrogens with one attached hydrogen (secondary N) is 3. The fourth-order valence-electron chi connectivity index (χ4n) is 2.50. The summed E-state index contributed by atoms with van der Waals surface area (Å²) in [5.74, 6) is 0.762. The van der Waals surface area contributed by atoms with Crippen LogP contribution in [0.4, 0.5) is 5.69 Å². The van der Waals surface area contributed by atoms with E-state index in [9.17, 15) is 4.79 Å². The van der Waals surface area contributed by atoms with Gasteiger partial charge in [-0.15, -0.1) is 0 Å². The number of benzene rings is 1. The van der Waals surface area contributed by atoms with E-state index in [0.29, 0.717) is 11.7 Å². The van der Waals surface area contributed by atoms with Crippen molar-refractivity contribution in [2.45, 2.75) is 33.2 Å². The Morgan fingerprint density at radius 1 is 1.21 bits per heavy atom. The van der Waals surface area contributed by atoms with Crippen molar-refractivity contribution in [1.29, 1.82) is 0 Å². The number of anilines is 1. The molecular weight excluding hydrogens is 374 g/mol. The van der Waals surface area contributed by atoms with Crippen molar-refractivity contribution < 1.29 is 4.79 Å². The molecule has 1 unspecified atom stereocenters. The van der Waals surface area contributed by atoms with Crippen LogP contribution in [-0.2, 0) is 17.8 Å². The number of aromatic nitrogens is 1. The van der Waals surface area contributed by atoms with Crippen molar-refractivity contribution in [3.8, 4) is 0 Å². The summed E-state index contributed by atoms with van der Waals surface area (Å²) in [5.41, 5.74) is 2.98. The van der Waals surface area contributed by atoms with Crippen LogP contribution in [0, 0.1) is 5.92 Å². The molecule has 0 aliphatic carbocycles. The number of carbonyl (C=O) groups is 1. The Labute approximate surface area is 171 Å². The van der Waals surface area contributed by atoms with E-state index < -0.39 is 0 Å². The predicted molar refractivity (Wildman–Crippen MR) is 116 cm³/mol. The van der Waals surface area contributed by atoms with Gasteiger partial charge in [0.05, 0.1) is 0 Å². The minimum atomic E-state index is 0.000601. The molecule has 0 saturated carbocycles. The number of hydrogen-bond donors (Lipinski definition) is 3. The highest BCUT2D eigenvalue weighted by molar-refractivity contribution is 6.29. The predicted octanol–water partition coefficient (Wildman–Crippen LogP) is 3.63. The van der Waals surface area contributed by atoms with Crippen LogP contribution in [0.2, 0.25) is 5.15 Å². The molecule has 0 saturated heterocycles. The van der Waals surface area contributed by atoms with E-state index in [4.69, 9.17) is 11.6 Å². The van der Waals surface area contributed by atoms with Gasteiger partial charge >= 0.3 is 0 Å². The molecule has 0 aliphatic rings. The van der Waals surface area contributed by atoms with Crippen molar-refractivity contribution in [1.82, 2.24) is 15.6 Å². The van der Waals surface area contributed by atoms with Gasteiger partial charge in [-0.05, 0) is 42.2 Å². The third-order valence-corrected chi connectivity index (χ3v) is 4.66. The van der Waals surface area contributed by atoms with Crippen molar-refractivity contribution in [3.05, 3.63) is 58.9 Å². The lowest BCUT2D eigenvalue weighted by Crippen LogP contribution is -2.37. The molecule has 7 heteroatoms. The highest BCUT2D eigenvalue weighted by atomic mass is 35.5. The molecule has 0 aliphatic heterocycles. The zero-order valence-corrected chi connectivity index (χ0v) is 17.4. The fourth-order valence-corrected chi connectivity index (χ4v) is 2.61. The van der Waals surface area contributed by atoms with Gasteiger partial charge in [0.1, 0.15) is 5.15 Å². The molecule has 1 amide bonds. The van der Waals surface area contributed by atoms with Gasteiger partial charge in [0, 0.05) is 37.9 Å². The lowest BCUT2D eigenvalue weighted by molar-refractivity contribution is -0.119. The van der Waals surface area contributed by atoms with Crippen LogP contribution in [0.25, 0.3) is 0 Å². The molecule has 1 aromatic heterocycles. The number of hydrogen-bond acceptors (Lipinski definition) is 3. The lowest BCUT2D eigenvalue weighted by atomic mass is 10.1. The first-order valence-corrected chi connectivity index (χ1v) is 9.84. The highest BCUT2D eigenvalue weighted by Crippen LogP contribution is 2.13. The van der Waals surface area contributed by atoms with Gasteiger partial charge in [0.25, 0.3) is 0 Å². The van der Waals surface area contributed by atoms with Gasteiger partial charge in [-0.25, -0.2) is 4.98 Å². The minimum Gasteiger partial charge on any atom is -0.356 e. The molecule has 3 N–H and O–H groups in total. The Morgan fingerprint density at radius 3 is 2.71 bits per heavy atom. The summed E-state index contributed by atoms with van der Waals surface area (Å²) in [5, 5.41) is 10.0. The van der Waals surface area contributed by atoms with Crippen LogP contribution in [0.15, 0.2) is 47.6 Å². The maximum absolute atomic E-state index is 12.1. The number of guanidine groups is 1. The van der Waals surface area contributed by atoms with Gasteiger partial charge in [0.2, 0.25) is 5.91 Å². The van der Waals surface area contributed by atoms with E-state index in [2.05, 4.69) is 25.9 Å². The van der Waals surface area contributed by atoms with E-state index in [-0.39, 0.29) is 11.8 Å². The molecule has 0 fully saturated rings. The number of amides is 1. The summed E-state index contributed by atoms with van der Waals surface area (Å²) in [6.07, 6.45) is 3.42. The number of rotatable bonds is 8. The molecule has 0 radical (unpaired) electrons. The van der Waals surface area contributed by atoms with Crippen LogP contribution < -0.4 is 16.0 Å². The van der Waals surface area contributed by atoms with E-state index in [1.54, 1.807) is 19.3 Å². The van der Waals surface area contributed by atoms with Crippen LogP contribution in [0.5, 0.6) is 0 Å². The number of carbonyl (C=O) groups excluding carboxylic acids is 1. The molecular formula is C21H28ClN5O. The lowest BCUT2D eigenvalue weighted by Gasteiger charge is -2.13. The molecule has 1 aromatic carbocycles. The summed E-state index contributed by atoms with van der Waals surface area (Å²) >= 11 is 5.80. The maximum atomic E-state index is 12.1. The zero-order chi connectivity index (χ0) is 20.4. The SMILES string of the molecule is CCC(C)C(=O)Nc1cccc(CNC(=NC)NCCc2ccc(Cl)nc2)c1. The van der Waals surface area contributed by atoms with E-state index in [0.717, 1.165) is 42.2 Å². The minimum absolute atomic E-state index is 0.000601. The van der Waals surface area contributed by atoms with E-state index >= 15 is 0 Å². The van der Waals surface area contributed by atoms with Crippen molar-refractivity contribution >= 4 is 29.2 Å². The zero-order valence-electron chi connectivity index (χ0n) is 16.6. The standard InChI is InChI=1S/C21H28ClN5O/c1-4-15(2)20(28)27-18-7-5-6-17(12-18)14-26-21(23-3)24-11-10-16-8-9-19(22)25-13-16/h5-9,12-13,15H,4,10-11,14H2,1-3H3,(H,27,28)(H2,23,24,26). The molecule has 1 heterocycles. The Kier molecular flexibility index (Phi) is 8.75. The normalized spacial score (nSPS) is 12.4. The van der Waals surface area contributed by atoms with Crippen LogP contribution in [-0.4, -0.2) is 30.4 Å².